The summed E-state index contributed by atoms with van der Waals surface area (Å²) in [4.78, 5) is 58.1. The normalized spacial score (nSPS) is 11.2. The second-order valence-corrected chi connectivity index (χ2v) is 7.77. The summed E-state index contributed by atoms with van der Waals surface area (Å²) in [6, 6.07) is 6.85. The fourth-order valence-corrected chi connectivity index (χ4v) is 3.11. The molecule has 0 aromatic heterocycles. The fraction of sp³-hybridized carbons (Fsp3) is 0.320. The van der Waals surface area contributed by atoms with Crippen LogP contribution in [0.1, 0.15) is 58.0 Å². The van der Waals surface area contributed by atoms with Gasteiger partial charge in [0.1, 0.15) is 0 Å². The van der Waals surface area contributed by atoms with Crippen molar-refractivity contribution in [2.24, 2.45) is 0 Å². The Kier molecular flexibility index (Phi) is 9.58. The Morgan fingerprint density at radius 2 is 1.41 bits per heavy atom. The van der Waals surface area contributed by atoms with Gasteiger partial charge in [0.05, 0.1) is 12.8 Å². The zero-order valence-electron chi connectivity index (χ0n) is 21.0. The molecule has 1 atom stereocenters. The van der Waals surface area contributed by atoms with Crippen molar-refractivity contribution in [3.8, 4) is 23.0 Å². The molecule has 12 heteroatoms. The molecule has 0 saturated heterocycles. The average Bonchev–Trinajstić information content (AvgIpc) is 2.78. The number of carbonyl (C=O) groups excluding carboxylic acids is 5. The van der Waals surface area contributed by atoms with Gasteiger partial charge in [-0.1, -0.05) is 13.0 Å². The third kappa shape index (κ3) is 7.95. The van der Waals surface area contributed by atoms with Gasteiger partial charge in [0, 0.05) is 45.1 Å². The lowest BCUT2D eigenvalue weighted by molar-refractivity contribution is -0.307. The van der Waals surface area contributed by atoms with Crippen molar-refractivity contribution in [3.63, 3.8) is 0 Å². The van der Waals surface area contributed by atoms with Crippen LogP contribution in [0.4, 0.5) is 5.69 Å². The number of amides is 1. The number of benzene rings is 2. The Hall–Kier alpha value is -4.61. The third-order valence-electron chi connectivity index (χ3n) is 4.71. The molecule has 37 heavy (non-hydrogen) atoms. The van der Waals surface area contributed by atoms with E-state index in [1.807, 2.05) is 0 Å². The van der Waals surface area contributed by atoms with Crippen LogP contribution in [-0.2, 0) is 33.4 Å². The predicted octanol–water partition coefficient (Wildman–Crippen LogP) is 2.35. The van der Waals surface area contributed by atoms with Crippen LogP contribution in [0.2, 0.25) is 0 Å². The van der Waals surface area contributed by atoms with Crippen molar-refractivity contribution >= 4 is 35.5 Å². The first-order chi connectivity index (χ1) is 17.3. The van der Waals surface area contributed by atoms with E-state index in [2.05, 4.69) is 5.32 Å². The molecule has 0 aliphatic heterocycles. The predicted molar refractivity (Wildman–Crippen MR) is 125 cm³/mol. The van der Waals surface area contributed by atoms with Gasteiger partial charge in [-0.2, -0.15) is 0 Å². The van der Waals surface area contributed by atoms with Crippen molar-refractivity contribution in [2.45, 2.75) is 46.8 Å². The van der Waals surface area contributed by atoms with Crippen molar-refractivity contribution in [1.82, 2.24) is 0 Å². The van der Waals surface area contributed by atoms with Gasteiger partial charge in [-0.15, -0.1) is 0 Å². The van der Waals surface area contributed by atoms with Gasteiger partial charge in [-0.05, 0) is 29.8 Å². The minimum absolute atomic E-state index is 0.0322. The van der Waals surface area contributed by atoms with E-state index < -0.39 is 42.0 Å². The second kappa shape index (κ2) is 12.4. The van der Waals surface area contributed by atoms with Gasteiger partial charge >= 0.3 is 17.9 Å². The zero-order valence-corrected chi connectivity index (χ0v) is 21.0. The van der Waals surface area contributed by atoms with Gasteiger partial charge in [-0.3, -0.25) is 19.2 Å². The van der Waals surface area contributed by atoms with E-state index in [0.717, 1.165) is 20.8 Å². The summed E-state index contributed by atoms with van der Waals surface area (Å²) >= 11 is 0. The summed E-state index contributed by atoms with van der Waals surface area (Å²) in [5.74, 6) is -5.29. The molecule has 0 spiro atoms. The smallest absolute Gasteiger partial charge is 0.308 e. The van der Waals surface area contributed by atoms with E-state index in [0.29, 0.717) is 5.56 Å². The van der Waals surface area contributed by atoms with Crippen LogP contribution in [-0.4, -0.2) is 36.9 Å². The molecule has 198 valence electrons. The number of rotatable bonds is 10. The fourth-order valence-electron chi connectivity index (χ4n) is 3.11. The molecule has 0 aliphatic rings. The maximum atomic E-state index is 11.8. The lowest BCUT2D eigenvalue weighted by atomic mass is 10.0. The molecule has 2 aromatic rings. The average molecular weight is 516 g/mol. The number of methoxy groups -OCH3 is 1. The van der Waals surface area contributed by atoms with Crippen molar-refractivity contribution in [1.29, 1.82) is 0 Å². The number of anilines is 1. The first kappa shape index (κ1) is 28.6. The molecule has 0 aliphatic carbocycles. The summed E-state index contributed by atoms with van der Waals surface area (Å²) in [7, 11) is 1.28. The van der Waals surface area contributed by atoms with Crippen LogP contribution in [0.15, 0.2) is 30.3 Å². The molecular formula is C25H26NO11-. The molecular weight excluding hydrogens is 490 g/mol. The maximum Gasteiger partial charge on any atom is 0.308 e. The van der Waals surface area contributed by atoms with Crippen LogP contribution in [0.3, 0.4) is 0 Å². The Bertz CT molecular complexity index is 1210. The number of carboxylic acid groups (broad SMARTS) is 1. The molecule has 0 radical (unpaired) electrons. The lowest BCUT2D eigenvalue weighted by Gasteiger charge is -2.22. The number of aliphatic carboxylic acids is 1. The Labute approximate surface area is 212 Å². The highest BCUT2D eigenvalue weighted by Gasteiger charge is 2.26. The molecule has 1 N–H and O–H groups in total. The summed E-state index contributed by atoms with van der Waals surface area (Å²) in [6.45, 7) is 6.05. The molecule has 1 amide bonds. The number of hydrogen-bond acceptors (Lipinski definition) is 11. The largest absolute Gasteiger partial charge is 0.550 e. The third-order valence-corrected chi connectivity index (χ3v) is 4.71. The van der Waals surface area contributed by atoms with Crippen LogP contribution in [0, 0.1) is 0 Å². The van der Waals surface area contributed by atoms with Gasteiger partial charge < -0.3 is 38.9 Å². The Morgan fingerprint density at radius 3 is 1.89 bits per heavy atom. The van der Waals surface area contributed by atoms with E-state index in [4.69, 9.17) is 23.7 Å². The number of hydrogen-bond donors (Lipinski definition) is 1. The molecule has 2 rings (SSSR count). The highest BCUT2D eigenvalue weighted by atomic mass is 16.7. The topological polar surface area (TPSA) is 167 Å². The van der Waals surface area contributed by atoms with Gasteiger partial charge in [0.25, 0.3) is 6.29 Å². The number of carbonyl (C=O) groups is 5. The van der Waals surface area contributed by atoms with E-state index in [9.17, 15) is 29.1 Å². The Balaban J connectivity index is 2.71. The molecule has 2 aromatic carbocycles. The van der Waals surface area contributed by atoms with Gasteiger partial charge in [0.2, 0.25) is 11.7 Å². The number of carboxylic acids is 1. The minimum atomic E-state index is -1.49. The van der Waals surface area contributed by atoms with Gasteiger partial charge in [0.15, 0.2) is 17.2 Å². The lowest BCUT2D eigenvalue weighted by Crippen LogP contribution is -2.28. The minimum Gasteiger partial charge on any atom is -0.550 e. The van der Waals surface area contributed by atoms with E-state index in [1.165, 1.54) is 51.3 Å². The summed E-state index contributed by atoms with van der Waals surface area (Å²) in [6.07, 6.45) is -1.49. The number of ether oxygens (including phenoxy) is 5. The van der Waals surface area contributed by atoms with Crippen LogP contribution in [0.25, 0.3) is 0 Å². The molecule has 0 saturated carbocycles. The number of nitrogens with one attached hydrogen (secondary N) is 1. The Morgan fingerprint density at radius 1 is 0.811 bits per heavy atom. The first-order valence-electron chi connectivity index (χ1n) is 10.9. The summed E-state index contributed by atoms with van der Waals surface area (Å²) in [5, 5.41) is 13.9. The maximum absolute atomic E-state index is 11.8. The monoisotopic (exact) mass is 516 g/mol. The standard InChI is InChI=1S/C25H27NO11/c1-12(24(31)32)17-7-8-20(19(9-17)26-13(2)27)37-22-11-18(25(35-15(4)29)36-16(5)30)10-21(33-6)23(22)34-14(3)28/h7-12,25H,1-6H3,(H,26,27)(H,31,32)/p-1. The molecule has 0 bridgehead atoms. The SMILES string of the molecule is COc1cc(C(OC(C)=O)OC(C)=O)cc(Oc2ccc(C(C)C(=O)[O-])cc2NC(C)=O)c1OC(C)=O. The van der Waals surface area contributed by atoms with Crippen molar-refractivity contribution in [3.05, 3.63) is 41.5 Å². The van der Waals surface area contributed by atoms with Crippen LogP contribution in [0.5, 0.6) is 23.0 Å². The zero-order chi connectivity index (χ0) is 27.9. The van der Waals surface area contributed by atoms with Crippen LogP contribution >= 0.6 is 0 Å². The highest BCUT2D eigenvalue weighted by Crippen LogP contribution is 2.44. The number of esters is 3. The van der Waals surface area contributed by atoms with E-state index in [-0.39, 0.29) is 34.2 Å². The molecule has 0 fully saturated rings. The second-order valence-electron chi connectivity index (χ2n) is 7.77. The molecule has 1 unspecified atom stereocenters. The summed E-state index contributed by atoms with van der Waals surface area (Å²) in [5.41, 5.74) is 0.525. The quantitative estimate of drug-likeness (QED) is 0.280. The van der Waals surface area contributed by atoms with Crippen molar-refractivity contribution < 1.29 is 52.8 Å². The highest BCUT2D eigenvalue weighted by molar-refractivity contribution is 5.91. The van der Waals surface area contributed by atoms with Crippen molar-refractivity contribution in [2.75, 3.05) is 12.4 Å². The molecule has 0 heterocycles. The first-order valence-corrected chi connectivity index (χ1v) is 10.9. The van der Waals surface area contributed by atoms with E-state index in [1.54, 1.807) is 0 Å². The van der Waals surface area contributed by atoms with E-state index >= 15 is 0 Å². The van der Waals surface area contributed by atoms with Gasteiger partial charge in [-0.25, -0.2) is 0 Å². The molecule has 12 nitrogen and oxygen atoms in total. The van der Waals surface area contributed by atoms with Crippen LogP contribution < -0.4 is 24.6 Å². The summed E-state index contributed by atoms with van der Waals surface area (Å²) < 4.78 is 26.7.